The fourth-order valence-electron chi connectivity index (χ4n) is 1.27. The molecule has 1 N–H and O–H groups in total. The van der Waals surface area contributed by atoms with Gasteiger partial charge < -0.3 is 0 Å². The predicted molar refractivity (Wildman–Crippen MR) is 63.9 cm³/mol. The first-order valence-corrected chi connectivity index (χ1v) is 5.25. The molecule has 1 rings (SSSR count). The van der Waals surface area contributed by atoms with E-state index in [2.05, 4.69) is 10.6 Å². The van der Waals surface area contributed by atoms with Crippen molar-refractivity contribution in [1.29, 1.82) is 0 Å². The molecule has 6 heteroatoms. The van der Waals surface area contributed by atoms with Gasteiger partial charge in [0.2, 0.25) is 0 Å². The van der Waals surface area contributed by atoms with E-state index in [1.165, 1.54) is 11.8 Å². The standard InChI is InChI=1S/C10H16ClN3O2/c1-6-7(11)8(13-16-5)9(15)14(12-6)10(2,3)4/h13H,1-5H3. The van der Waals surface area contributed by atoms with Crippen LogP contribution in [0, 0.1) is 6.92 Å². The van der Waals surface area contributed by atoms with E-state index in [0.717, 1.165) is 0 Å². The first-order chi connectivity index (χ1) is 7.29. The molecule has 1 aromatic heterocycles. The van der Waals surface area contributed by atoms with Crippen molar-refractivity contribution in [3.8, 4) is 0 Å². The van der Waals surface area contributed by atoms with Crippen LogP contribution in [0.5, 0.6) is 0 Å². The quantitative estimate of drug-likeness (QED) is 0.809. The third-order valence-electron chi connectivity index (χ3n) is 2.03. The molecular formula is C10H16ClN3O2. The number of rotatable bonds is 2. The maximum atomic E-state index is 12.1. The number of hydrogen-bond donors (Lipinski definition) is 1. The minimum atomic E-state index is -0.406. The maximum Gasteiger partial charge on any atom is 0.294 e. The fraction of sp³-hybridized carbons (Fsp3) is 0.600. The molecule has 0 amide bonds. The second kappa shape index (κ2) is 4.43. The Morgan fingerprint density at radius 1 is 1.44 bits per heavy atom. The summed E-state index contributed by atoms with van der Waals surface area (Å²) < 4.78 is 1.38. The Morgan fingerprint density at radius 3 is 2.44 bits per heavy atom. The summed E-state index contributed by atoms with van der Waals surface area (Å²) in [6.07, 6.45) is 0. The van der Waals surface area contributed by atoms with E-state index in [-0.39, 0.29) is 16.3 Å². The van der Waals surface area contributed by atoms with E-state index in [1.807, 2.05) is 20.8 Å². The number of hydrogen-bond acceptors (Lipinski definition) is 4. The van der Waals surface area contributed by atoms with Crippen LogP contribution in [0.3, 0.4) is 0 Å². The third kappa shape index (κ3) is 2.36. The minimum Gasteiger partial charge on any atom is -0.279 e. The van der Waals surface area contributed by atoms with Gasteiger partial charge in [0.1, 0.15) is 5.69 Å². The Morgan fingerprint density at radius 2 is 2.00 bits per heavy atom. The molecule has 16 heavy (non-hydrogen) atoms. The zero-order valence-corrected chi connectivity index (χ0v) is 10.8. The van der Waals surface area contributed by atoms with Gasteiger partial charge >= 0.3 is 0 Å². The lowest BCUT2D eigenvalue weighted by molar-refractivity contribution is 0.267. The maximum absolute atomic E-state index is 12.1. The van der Waals surface area contributed by atoms with Gasteiger partial charge in [-0.1, -0.05) is 11.6 Å². The first kappa shape index (κ1) is 13.0. The van der Waals surface area contributed by atoms with E-state index in [4.69, 9.17) is 16.4 Å². The first-order valence-electron chi connectivity index (χ1n) is 4.88. The smallest absolute Gasteiger partial charge is 0.279 e. The van der Waals surface area contributed by atoms with Crippen LogP contribution in [0.2, 0.25) is 5.02 Å². The summed E-state index contributed by atoms with van der Waals surface area (Å²) in [6, 6.07) is 0. The number of anilines is 1. The molecule has 0 aromatic carbocycles. The molecule has 1 heterocycles. The van der Waals surface area contributed by atoms with Gasteiger partial charge in [-0.05, 0) is 27.7 Å². The molecule has 0 aliphatic rings. The number of nitrogens with zero attached hydrogens (tertiary/aromatic N) is 2. The molecule has 0 bridgehead atoms. The molecule has 5 nitrogen and oxygen atoms in total. The summed E-state index contributed by atoms with van der Waals surface area (Å²) >= 11 is 5.98. The van der Waals surface area contributed by atoms with Crippen molar-refractivity contribution >= 4 is 17.3 Å². The lowest BCUT2D eigenvalue weighted by Crippen LogP contribution is -2.37. The van der Waals surface area contributed by atoms with Crippen molar-refractivity contribution < 1.29 is 4.84 Å². The van der Waals surface area contributed by atoms with Gasteiger partial charge in [-0.15, -0.1) is 0 Å². The van der Waals surface area contributed by atoms with E-state index in [0.29, 0.717) is 5.69 Å². The Labute approximate surface area is 99.3 Å². The number of nitrogens with one attached hydrogen (secondary N) is 1. The van der Waals surface area contributed by atoms with Gasteiger partial charge in [0.05, 0.1) is 23.4 Å². The van der Waals surface area contributed by atoms with Gasteiger partial charge in [-0.25, -0.2) is 4.68 Å². The molecule has 0 aliphatic carbocycles. The lowest BCUT2D eigenvalue weighted by atomic mass is 10.1. The zero-order valence-electron chi connectivity index (χ0n) is 10.1. The molecule has 0 atom stereocenters. The SMILES string of the molecule is CONc1c(Cl)c(C)nn(C(C)(C)C)c1=O. The Bertz CT molecular complexity index is 449. The van der Waals surface area contributed by atoms with E-state index in [9.17, 15) is 4.79 Å². The summed E-state index contributed by atoms with van der Waals surface area (Å²) in [6.45, 7) is 7.42. The van der Waals surface area contributed by atoms with Gasteiger partial charge in [0.25, 0.3) is 5.56 Å². The summed E-state index contributed by atoms with van der Waals surface area (Å²) in [5.74, 6) is 0. The van der Waals surface area contributed by atoms with Crippen LogP contribution in [0.1, 0.15) is 26.5 Å². The Balaban J connectivity index is 3.51. The van der Waals surface area contributed by atoms with Crippen molar-refractivity contribution in [3.63, 3.8) is 0 Å². The average Bonchev–Trinajstić information content (AvgIpc) is 2.16. The monoisotopic (exact) mass is 245 g/mol. The summed E-state index contributed by atoms with van der Waals surface area (Å²) in [4.78, 5) is 16.8. The highest BCUT2D eigenvalue weighted by molar-refractivity contribution is 6.33. The molecule has 0 saturated carbocycles. The average molecular weight is 246 g/mol. The van der Waals surface area contributed by atoms with Crippen LogP contribution in [-0.4, -0.2) is 16.9 Å². The second-order valence-corrected chi connectivity index (χ2v) is 4.85. The number of aromatic nitrogens is 2. The molecule has 90 valence electrons. The number of aryl methyl sites for hydroxylation is 1. The molecule has 0 radical (unpaired) electrons. The van der Waals surface area contributed by atoms with E-state index in [1.54, 1.807) is 6.92 Å². The van der Waals surface area contributed by atoms with Crippen LogP contribution in [0.4, 0.5) is 5.69 Å². The second-order valence-electron chi connectivity index (χ2n) is 4.47. The van der Waals surface area contributed by atoms with Crippen LogP contribution < -0.4 is 11.0 Å². The molecule has 0 saturated heterocycles. The lowest BCUT2D eigenvalue weighted by Gasteiger charge is -2.22. The van der Waals surface area contributed by atoms with Crippen LogP contribution >= 0.6 is 11.6 Å². The Kier molecular flexibility index (Phi) is 3.60. The van der Waals surface area contributed by atoms with Crippen molar-refractivity contribution in [2.24, 2.45) is 0 Å². The summed E-state index contributed by atoms with van der Waals surface area (Å²) in [7, 11) is 1.42. The summed E-state index contributed by atoms with van der Waals surface area (Å²) in [5.41, 5.74) is 2.58. The van der Waals surface area contributed by atoms with Crippen LogP contribution in [-0.2, 0) is 10.4 Å². The minimum absolute atomic E-state index is 0.214. The van der Waals surface area contributed by atoms with Gasteiger partial charge in [-0.3, -0.25) is 15.1 Å². The van der Waals surface area contributed by atoms with E-state index < -0.39 is 5.54 Å². The van der Waals surface area contributed by atoms with E-state index >= 15 is 0 Å². The normalized spacial score (nSPS) is 11.6. The zero-order chi connectivity index (χ0) is 12.5. The molecular weight excluding hydrogens is 230 g/mol. The molecule has 1 aromatic rings. The highest BCUT2D eigenvalue weighted by Gasteiger charge is 2.21. The van der Waals surface area contributed by atoms with Gasteiger partial charge in [-0.2, -0.15) is 5.10 Å². The van der Waals surface area contributed by atoms with Crippen molar-refractivity contribution in [2.45, 2.75) is 33.2 Å². The van der Waals surface area contributed by atoms with Crippen LogP contribution in [0.15, 0.2) is 4.79 Å². The molecule has 0 fully saturated rings. The largest absolute Gasteiger partial charge is 0.294 e. The van der Waals surface area contributed by atoms with Crippen molar-refractivity contribution in [2.75, 3.05) is 12.6 Å². The van der Waals surface area contributed by atoms with Crippen molar-refractivity contribution in [3.05, 3.63) is 21.1 Å². The molecule has 0 aliphatic heterocycles. The predicted octanol–water partition coefficient (Wildman–Crippen LogP) is 1.93. The van der Waals surface area contributed by atoms with Crippen molar-refractivity contribution in [1.82, 2.24) is 9.78 Å². The highest BCUT2D eigenvalue weighted by Crippen LogP contribution is 2.21. The number of halogens is 1. The highest BCUT2D eigenvalue weighted by atomic mass is 35.5. The van der Waals surface area contributed by atoms with Gasteiger partial charge in [0.15, 0.2) is 0 Å². The Hall–Kier alpha value is -1.07. The molecule has 0 spiro atoms. The summed E-state index contributed by atoms with van der Waals surface area (Å²) in [5, 5.41) is 4.45. The molecule has 0 unspecified atom stereocenters. The fourth-order valence-corrected chi connectivity index (χ4v) is 1.42. The van der Waals surface area contributed by atoms with Crippen LogP contribution in [0.25, 0.3) is 0 Å². The topological polar surface area (TPSA) is 56.1 Å². The third-order valence-corrected chi connectivity index (χ3v) is 2.50. The van der Waals surface area contributed by atoms with Gasteiger partial charge in [0, 0.05) is 0 Å².